The zero-order valence-electron chi connectivity index (χ0n) is 9.89. The Bertz CT molecular complexity index is 356. The van der Waals surface area contributed by atoms with Crippen LogP contribution < -0.4 is 10.6 Å². The molecule has 2 unspecified atom stereocenters. The van der Waals surface area contributed by atoms with Crippen molar-refractivity contribution >= 4 is 11.4 Å². The Labute approximate surface area is 96.4 Å². The largest absolute Gasteiger partial charge is 0.397 e. The maximum absolute atomic E-state index is 5.74. The first kappa shape index (κ1) is 11.2. The van der Waals surface area contributed by atoms with E-state index >= 15 is 0 Å². The molecule has 1 saturated heterocycles. The molecule has 1 aliphatic rings. The number of anilines is 2. The molecule has 2 rings (SSSR count). The van der Waals surface area contributed by atoms with Crippen LogP contribution in [0.25, 0.3) is 0 Å². The van der Waals surface area contributed by atoms with Crippen molar-refractivity contribution in [3.05, 3.63) is 18.5 Å². The van der Waals surface area contributed by atoms with Gasteiger partial charge in [0, 0.05) is 26.4 Å². The van der Waals surface area contributed by atoms with Crippen LogP contribution in [0.4, 0.5) is 11.4 Å². The van der Waals surface area contributed by atoms with Gasteiger partial charge in [-0.1, -0.05) is 6.92 Å². The van der Waals surface area contributed by atoms with Crippen LogP contribution in [0, 0.1) is 5.92 Å². The van der Waals surface area contributed by atoms with E-state index in [4.69, 9.17) is 10.5 Å². The van der Waals surface area contributed by atoms with Crippen molar-refractivity contribution in [3.8, 4) is 0 Å². The molecule has 0 bridgehead atoms. The molecule has 1 aromatic heterocycles. The van der Waals surface area contributed by atoms with E-state index in [-0.39, 0.29) is 0 Å². The Kier molecular flexibility index (Phi) is 3.29. The lowest BCUT2D eigenvalue weighted by Gasteiger charge is -2.37. The van der Waals surface area contributed by atoms with Crippen molar-refractivity contribution in [1.82, 2.24) is 4.98 Å². The molecule has 2 N–H and O–H groups in total. The summed E-state index contributed by atoms with van der Waals surface area (Å²) in [6.07, 6.45) is 4.98. The summed E-state index contributed by atoms with van der Waals surface area (Å²) >= 11 is 0. The van der Waals surface area contributed by atoms with Crippen LogP contribution in [0.2, 0.25) is 0 Å². The van der Waals surface area contributed by atoms with Crippen LogP contribution in [0.15, 0.2) is 18.5 Å². The van der Waals surface area contributed by atoms with Crippen LogP contribution in [-0.2, 0) is 4.74 Å². The molecular formula is C12H19N3O. The van der Waals surface area contributed by atoms with E-state index in [0.717, 1.165) is 25.2 Å². The van der Waals surface area contributed by atoms with Crippen molar-refractivity contribution in [2.75, 3.05) is 30.8 Å². The molecule has 0 saturated carbocycles. The minimum atomic E-state index is 0.301. The predicted molar refractivity (Wildman–Crippen MR) is 65.4 cm³/mol. The third-order valence-corrected chi connectivity index (χ3v) is 3.30. The molecule has 0 aliphatic carbocycles. The number of hydrogen-bond acceptors (Lipinski definition) is 4. The van der Waals surface area contributed by atoms with Gasteiger partial charge in [0.1, 0.15) is 0 Å². The Hall–Kier alpha value is -1.29. The normalized spacial score (nSPS) is 25.8. The number of nitrogens with two attached hydrogens (primary N) is 1. The molecule has 4 heteroatoms. The molecule has 2 heterocycles. The number of piperidine rings is 1. The fourth-order valence-corrected chi connectivity index (χ4v) is 2.19. The van der Waals surface area contributed by atoms with Crippen molar-refractivity contribution < 1.29 is 4.74 Å². The van der Waals surface area contributed by atoms with E-state index in [1.54, 1.807) is 13.3 Å². The van der Waals surface area contributed by atoms with Gasteiger partial charge in [0.2, 0.25) is 0 Å². The number of aromatic nitrogens is 1. The van der Waals surface area contributed by atoms with Gasteiger partial charge in [-0.05, 0) is 18.4 Å². The molecule has 1 aromatic rings. The smallest absolute Gasteiger partial charge is 0.0772 e. The maximum atomic E-state index is 5.74. The quantitative estimate of drug-likeness (QED) is 0.822. The lowest BCUT2D eigenvalue weighted by molar-refractivity contribution is 0.0498. The van der Waals surface area contributed by atoms with E-state index in [2.05, 4.69) is 16.8 Å². The number of rotatable bonds is 2. The van der Waals surface area contributed by atoms with E-state index in [9.17, 15) is 0 Å². The first-order chi connectivity index (χ1) is 7.70. The summed E-state index contributed by atoms with van der Waals surface area (Å²) in [5, 5.41) is 0. The topological polar surface area (TPSA) is 51.4 Å². The number of pyridine rings is 1. The molecule has 16 heavy (non-hydrogen) atoms. The van der Waals surface area contributed by atoms with Gasteiger partial charge in [0.15, 0.2) is 0 Å². The number of ether oxygens (including phenoxy) is 1. The molecule has 1 fully saturated rings. The van der Waals surface area contributed by atoms with Gasteiger partial charge in [-0.2, -0.15) is 0 Å². The van der Waals surface area contributed by atoms with Crippen LogP contribution in [-0.4, -0.2) is 31.3 Å². The maximum Gasteiger partial charge on any atom is 0.0772 e. The van der Waals surface area contributed by atoms with Gasteiger partial charge in [0.25, 0.3) is 0 Å². The SMILES string of the molecule is COC1CN(c2cncc(N)c2)CCC1C. The highest BCUT2D eigenvalue weighted by molar-refractivity contribution is 5.53. The Morgan fingerprint density at radius 1 is 1.50 bits per heavy atom. The summed E-state index contributed by atoms with van der Waals surface area (Å²) < 4.78 is 5.49. The average molecular weight is 221 g/mol. The van der Waals surface area contributed by atoms with Crippen LogP contribution >= 0.6 is 0 Å². The summed E-state index contributed by atoms with van der Waals surface area (Å²) in [6, 6.07) is 1.97. The fourth-order valence-electron chi connectivity index (χ4n) is 2.19. The van der Waals surface area contributed by atoms with Gasteiger partial charge in [-0.3, -0.25) is 4.98 Å². The third kappa shape index (κ3) is 2.27. The van der Waals surface area contributed by atoms with Crippen LogP contribution in [0.1, 0.15) is 13.3 Å². The molecule has 1 aliphatic heterocycles. The monoisotopic (exact) mass is 221 g/mol. The first-order valence-corrected chi connectivity index (χ1v) is 5.69. The predicted octanol–water partition coefficient (Wildman–Crippen LogP) is 1.52. The number of hydrogen-bond donors (Lipinski definition) is 1. The Balaban J connectivity index is 2.11. The number of nitrogen functional groups attached to an aromatic ring is 1. The van der Waals surface area contributed by atoms with Crippen LogP contribution in [0.3, 0.4) is 0 Å². The van der Waals surface area contributed by atoms with Crippen molar-refractivity contribution in [1.29, 1.82) is 0 Å². The van der Waals surface area contributed by atoms with Gasteiger partial charge in [0.05, 0.1) is 23.7 Å². The van der Waals surface area contributed by atoms with Gasteiger partial charge < -0.3 is 15.4 Å². The standard InChI is InChI=1S/C12H19N3O/c1-9-3-4-15(8-12(9)16-2)11-5-10(13)6-14-7-11/h5-7,9,12H,3-4,8,13H2,1-2H3. The molecule has 0 amide bonds. The molecule has 0 aromatic carbocycles. The highest BCUT2D eigenvalue weighted by atomic mass is 16.5. The summed E-state index contributed by atoms with van der Waals surface area (Å²) in [5.74, 6) is 0.621. The summed E-state index contributed by atoms with van der Waals surface area (Å²) in [7, 11) is 1.78. The second-order valence-electron chi connectivity index (χ2n) is 4.46. The first-order valence-electron chi connectivity index (χ1n) is 5.69. The van der Waals surface area contributed by atoms with E-state index in [1.807, 2.05) is 12.3 Å². The zero-order chi connectivity index (χ0) is 11.5. The molecule has 88 valence electrons. The average Bonchev–Trinajstić information content (AvgIpc) is 2.29. The van der Waals surface area contributed by atoms with Crippen molar-refractivity contribution in [3.63, 3.8) is 0 Å². The molecule has 2 atom stereocenters. The molecule has 0 radical (unpaired) electrons. The summed E-state index contributed by atoms with van der Waals surface area (Å²) in [4.78, 5) is 6.41. The lowest BCUT2D eigenvalue weighted by atomic mass is 9.95. The van der Waals surface area contributed by atoms with Gasteiger partial charge in [-0.25, -0.2) is 0 Å². The second-order valence-corrected chi connectivity index (χ2v) is 4.46. The highest BCUT2D eigenvalue weighted by Gasteiger charge is 2.26. The van der Waals surface area contributed by atoms with Crippen LogP contribution in [0.5, 0.6) is 0 Å². The third-order valence-electron chi connectivity index (χ3n) is 3.30. The van der Waals surface area contributed by atoms with E-state index in [1.165, 1.54) is 0 Å². The van der Waals surface area contributed by atoms with Gasteiger partial charge >= 0.3 is 0 Å². The fraction of sp³-hybridized carbons (Fsp3) is 0.583. The van der Waals surface area contributed by atoms with E-state index < -0.39 is 0 Å². The molecular weight excluding hydrogens is 202 g/mol. The number of nitrogens with zero attached hydrogens (tertiary/aromatic N) is 2. The van der Waals surface area contributed by atoms with E-state index in [0.29, 0.717) is 17.7 Å². The van der Waals surface area contributed by atoms with Gasteiger partial charge in [-0.15, -0.1) is 0 Å². The minimum absolute atomic E-state index is 0.301. The minimum Gasteiger partial charge on any atom is -0.397 e. The zero-order valence-corrected chi connectivity index (χ0v) is 9.89. The van der Waals surface area contributed by atoms with Crippen molar-refractivity contribution in [2.24, 2.45) is 5.92 Å². The van der Waals surface area contributed by atoms with Crippen molar-refractivity contribution in [2.45, 2.75) is 19.4 Å². The summed E-state index contributed by atoms with van der Waals surface area (Å²) in [6.45, 7) is 4.21. The Morgan fingerprint density at radius 2 is 2.31 bits per heavy atom. The summed E-state index contributed by atoms with van der Waals surface area (Å²) in [5.41, 5.74) is 7.54. The molecule has 0 spiro atoms. The molecule has 4 nitrogen and oxygen atoms in total. The number of methoxy groups -OCH3 is 1. The highest BCUT2D eigenvalue weighted by Crippen LogP contribution is 2.25. The second kappa shape index (κ2) is 4.70. The lowest BCUT2D eigenvalue weighted by Crippen LogP contribution is -2.44. The Morgan fingerprint density at radius 3 is 3.00 bits per heavy atom.